The number of likely N-dealkylation sites (tertiary alicyclic amines) is 1. The van der Waals surface area contributed by atoms with Crippen LogP contribution in [0.1, 0.15) is 37.8 Å². The summed E-state index contributed by atoms with van der Waals surface area (Å²) >= 11 is 6.18. The van der Waals surface area contributed by atoms with Gasteiger partial charge in [-0.15, -0.1) is 0 Å². The Morgan fingerprint density at radius 1 is 1.30 bits per heavy atom. The third-order valence-corrected chi connectivity index (χ3v) is 5.38. The average Bonchev–Trinajstić information content (AvgIpc) is 3.02. The number of hydrogen-bond donors (Lipinski definition) is 2. The van der Waals surface area contributed by atoms with Crippen LogP contribution in [0, 0.1) is 5.82 Å². The highest BCUT2D eigenvalue weighted by atomic mass is 35.5. The lowest BCUT2D eigenvalue weighted by atomic mass is 10.0. The topological polar surface area (TPSA) is 61.4 Å². The quantitative estimate of drug-likeness (QED) is 0.745. The van der Waals surface area contributed by atoms with E-state index in [1.165, 1.54) is 6.07 Å². The molecular formula is C15H23ClFN3O2S. The van der Waals surface area contributed by atoms with Gasteiger partial charge in [-0.1, -0.05) is 24.6 Å². The van der Waals surface area contributed by atoms with Crippen LogP contribution < -0.4 is 9.44 Å². The van der Waals surface area contributed by atoms with Gasteiger partial charge in [-0.3, -0.25) is 4.90 Å². The maximum absolute atomic E-state index is 14.3. The molecule has 2 rings (SSSR count). The Bertz CT molecular complexity index is 601. The van der Waals surface area contributed by atoms with E-state index in [0.717, 1.165) is 25.9 Å². The Morgan fingerprint density at radius 2 is 2.00 bits per heavy atom. The van der Waals surface area contributed by atoms with E-state index in [1.807, 2.05) is 6.92 Å². The summed E-state index contributed by atoms with van der Waals surface area (Å²) in [7, 11) is -3.59. The second kappa shape index (κ2) is 8.39. The van der Waals surface area contributed by atoms with Crippen LogP contribution in [0.15, 0.2) is 18.2 Å². The van der Waals surface area contributed by atoms with Crippen LogP contribution >= 0.6 is 11.6 Å². The van der Waals surface area contributed by atoms with E-state index in [9.17, 15) is 12.8 Å². The van der Waals surface area contributed by atoms with Gasteiger partial charge in [0, 0.05) is 23.7 Å². The first-order valence-electron chi connectivity index (χ1n) is 7.87. The molecule has 0 aliphatic carbocycles. The fourth-order valence-electron chi connectivity index (χ4n) is 2.77. The van der Waals surface area contributed by atoms with Crippen molar-refractivity contribution in [3.8, 4) is 0 Å². The molecule has 1 aromatic rings. The summed E-state index contributed by atoms with van der Waals surface area (Å²) in [4.78, 5) is 2.08. The van der Waals surface area contributed by atoms with Gasteiger partial charge < -0.3 is 0 Å². The summed E-state index contributed by atoms with van der Waals surface area (Å²) in [5.41, 5.74) is 0.356. The fraction of sp³-hybridized carbons (Fsp3) is 0.600. The number of nitrogens with zero attached hydrogens (tertiary/aromatic N) is 1. The smallest absolute Gasteiger partial charge is 0.276 e. The number of hydrogen-bond acceptors (Lipinski definition) is 3. The van der Waals surface area contributed by atoms with E-state index in [1.54, 1.807) is 12.1 Å². The van der Waals surface area contributed by atoms with Gasteiger partial charge in [0.2, 0.25) is 0 Å². The van der Waals surface area contributed by atoms with Crippen LogP contribution in [0.2, 0.25) is 5.02 Å². The van der Waals surface area contributed by atoms with Gasteiger partial charge in [0.1, 0.15) is 5.82 Å². The molecule has 1 fully saturated rings. The van der Waals surface area contributed by atoms with E-state index in [0.29, 0.717) is 23.6 Å². The minimum absolute atomic E-state index is 0.0830. The molecule has 1 saturated heterocycles. The van der Waals surface area contributed by atoms with Gasteiger partial charge in [-0.2, -0.15) is 8.42 Å². The SMILES string of the molecule is CCCNS(=O)(=O)NCC(c1c(F)cccc1Cl)N1CCCC1. The van der Waals surface area contributed by atoms with Crippen molar-refractivity contribution in [1.29, 1.82) is 0 Å². The molecule has 1 aliphatic rings. The first-order valence-corrected chi connectivity index (χ1v) is 9.73. The Labute approximate surface area is 142 Å². The van der Waals surface area contributed by atoms with Crippen molar-refractivity contribution in [1.82, 2.24) is 14.3 Å². The van der Waals surface area contributed by atoms with Crippen LogP contribution in [0.3, 0.4) is 0 Å². The highest BCUT2D eigenvalue weighted by Gasteiger charge is 2.28. The Morgan fingerprint density at radius 3 is 2.61 bits per heavy atom. The Hall–Kier alpha value is -0.730. The van der Waals surface area contributed by atoms with Crippen molar-refractivity contribution < 1.29 is 12.8 Å². The van der Waals surface area contributed by atoms with Crippen molar-refractivity contribution in [2.45, 2.75) is 32.2 Å². The van der Waals surface area contributed by atoms with E-state index in [2.05, 4.69) is 14.3 Å². The molecule has 5 nitrogen and oxygen atoms in total. The molecule has 0 amide bonds. The van der Waals surface area contributed by atoms with E-state index < -0.39 is 22.1 Å². The molecule has 1 heterocycles. The van der Waals surface area contributed by atoms with Gasteiger partial charge in [-0.25, -0.2) is 13.8 Å². The predicted molar refractivity (Wildman–Crippen MR) is 90.2 cm³/mol. The van der Waals surface area contributed by atoms with Crippen molar-refractivity contribution in [2.75, 3.05) is 26.2 Å². The molecule has 23 heavy (non-hydrogen) atoms. The molecular weight excluding hydrogens is 341 g/mol. The molecule has 2 N–H and O–H groups in total. The molecule has 1 unspecified atom stereocenters. The second-order valence-corrected chi connectivity index (χ2v) is 7.63. The van der Waals surface area contributed by atoms with Gasteiger partial charge in [0.05, 0.1) is 6.04 Å². The fourth-order valence-corrected chi connectivity index (χ4v) is 4.01. The minimum atomic E-state index is -3.59. The summed E-state index contributed by atoms with van der Waals surface area (Å²) in [6, 6.07) is 4.13. The monoisotopic (exact) mass is 363 g/mol. The molecule has 1 atom stereocenters. The van der Waals surface area contributed by atoms with Gasteiger partial charge >= 0.3 is 0 Å². The van der Waals surface area contributed by atoms with Crippen molar-refractivity contribution in [2.24, 2.45) is 0 Å². The zero-order chi connectivity index (χ0) is 16.9. The first kappa shape index (κ1) is 18.6. The molecule has 0 bridgehead atoms. The first-order chi connectivity index (χ1) is 10.9. The van der Waals surface area contributed by atoms with E-state index in [-0.39, 0.29) is 6.54 Å². The molecule has 0 spiro atoms. The highest BCUT2D eigenvalue weighted by molar-refractivity contribution is 7.87. The summed E-state index contributed by atoms with van der Waals surface area (Å²) in [5.74, 6) is -0.407. The normalized spacial score (nSPS) is 17.5. The lowest BCUT2D eigenvalue weighted by Gasteiger charge is -2.29. The van der Waals surface area contributed by atoms with Crippen LogP contribution in [0.25, 0.3) is 0 Å². The van der Waals surface area contributed by atoms with E-state index in [4.69, 9.17) is 11.6 Å². The molecule has 0 radical (unpaired) electrons. The lowest BCUT2D eigenvalue weighted by molar-refractivity contribution is 0.241. The summed E-state index contributed by atoms with van der Waals surface area (Å²) in [6.45, 7) is 3.94. The number of halogens is 2. The van der Waals surface area contributed by atoms with Gasteiger partial charge in [0.15, 0.2) is 0 Å². The summed E-state index contributed by atoms with van der Waals surface area (Å²) in [6.07, 6.45) is 2.74. The van der Waals surface area contributed by atoms with Crippen molar-refractivity contribution >= 4 is 21.8 Å². The van der Waals surface area contributed by atoms with Gasteiger partial charge in [-0.05, 0) is 44.5 Å². The average molecular weight is 364 g/mol. The van der Waals surface area contributed by atoms with Crippen LogP contribution in [-0.2, 0) is 10.2 Å². The maximum Gasteiger partial charge on any atom is 0.276 e. The minimum Gasteiger partial charge on any atom is -0.295 e. The standard InChI is InChI=1S/C15H23ClFN3O2S/c1-2-8-18-23(21,22)19-11-14(20-9-3-4-10-20)15-12(16)6-5-7-13(15)17/h5-7,14,18-19H,2-4,8-11H2,1H3. The molecule has 1 aliphatic heterocycles. The number of nitrogens with one attached hydrogen (secondary N) is 2. The Balaban J connectivity index is 2.19. The van der Waals surface area contributed by atoms with Crippen molar-refractivity contribution in [3.05, 3.63) is 34.6 Å². The van der Waals surface area contributed by atoms with Gasteiger partial charge in [0.25, 0.3) is 10.2 Å². The summed E-state index contributed by atoms with van der Waals surface area (Å²) in [5, 5.41) is 0.322. The van der Waals surface area contributed by atoms with Crippen LogP contribution in [0.5, 0.6) is 0 Å². The second-order valence-electron chi connectivity index (χ2n) is 5.64. The third-order valence-electron chi connectivity index (χ3n) is 3.92. The van der Waals surface area contributed by atoms with Crippen LogP contribution in [-0.4, -0.2) is 39.5 Å². The Kier molecular flexibility index (Phi) is 6.79. The summed E-state index contributed by atoms with van der Waals surface area (Å²) < 4.78 is 43.1. The largest absolute Gasteiger partial charge is 0.295 e. The van der Waals surface area contributed by atoms with Crippen molar-refractivity contribution in [3.63, 3.8) is 0 Å². The predicted octanol–water partition coefficient (Wildman–Crippen LogP) is 2.45. The number of rotatable bonds is 8. The molecule has 8 heteroatoms. The maximum atomic E-state index is 14.3. The lowest BCUT2D eigenvalue weighted by Crippen LogP contribution is -2.42. The number of benzene rings is 1. The molecule has 0 saturated carbocycles. The molecule has 1 aromatic carbocycles. The van der Waals surface area contributed by atoms with Crippen LogP contribution in [0.4, 0.5) is 4.39 Å². The molecule has 0 aromatic heterocycles. The third kappa shape index (κ3) is 5.12. The zero-order valence-corrected chi connectivity index (χ0v) is 14.8. The highest BCUT2D eigenvalue weighted by Crippen LogP contribution is 2.31. The zero-order valence-electron chi connectivity index (χ0n) is 13.2. The molecule has 130 valence electrons. The van der Waals surface area contributed by atoms with E-state index >= 15 is 0 Å².